The highest BCUT2D eigenvalue weighted by Gasteiger charge is 2.68. The van der Waals surface area contributed by atoms with Crippen LogP contribution in [0.5, 0.6) is 0 Å². The van der Waals surface area contributed by atoms with Crippen molar-refractivity contribution in [1.29, 1.82) is 0 Å². The molecular weight excluding hydrogens is 324 g/mol. The van der Waals surface area contributed by atoms with Gasteiger partial charge in [0, 0.05) is 18.3 Å². The van der Waals surface area contributed by atoms with Crippen molar-refractivity contribution in [3.8, 4) is 0 Å². The number of fused-ring (bicyclic) bond motifs is 6. The summed E-state index contributed by atoms with van der Waals surface area (Å²) in [5.74, 6) is 2.87. The minimum absolute atomic E-state index is 0.160. The van der Waals surface area contributed by atoms with E-state index >= 15 is 0 Å². The predicted octanol–water partition coefficient (Wildman–Crippen LogP) is 4.98. The summed E-state index contributed by atoms with van der Waals surface area (Å²) in [5, 5.41) is 0. The van der Waals surface area contributed by atoms with Gasteiger partial charge in [-0.1, -0.05) is 26.7 Å². The zero-order valence-corrected chi connectivity index (χ0v) is 16.9. The maximum absolute atomic E-state index is 12.4. The van der Waals surface area contributed by atoms with Crippen LogP contribution in [0.2, 0.25) is 0 Å². The lowest BCUT2D eigenvalue weighted by molar-refractivity contribution is -0.297. The van der Waals surface area contributed by atoms with E-state index < -0.39 is 0 Å². The quantitative estimate of drug-likeness (QED) is 0.662. The van der Waals surface area contributed by atoms with Crippen LogP contribution in [-0.4, -0.2) is 24.8 Å². The minimum Gasteiger partial charge on any atom is -0.347 e. The zero-order valence-electron chi connectivity index (χ0n) is 16.9. The van der Waals surface area contributed by atoms with E-state index in [2.05, 4.69) is 13.8 Å². The van der Waals surface area contributed by atoms with Gasteiger partial charge in [-0.2, -0.15) is 0 Å². The van der Waals surface area contributed by atoms with E-state index in [1.165, 1.54) is 44.9 Å². The third kappa shape index (κ3) is 2.16. The number of ether oxygens (including phenoxy) is 2. The molecule has 0 N–H and O–H groups in total. The molecule has 0 aromatic heterocycles. The van der Waals surface area contributed by atoms with Crippen molar-refractivity contribution in [1.82, 2.24) is 0 Å². The largest absolute Gasteiger partial charge is 0.347 e. The maximum Gasteiger partial charge on any atom is 0.172 e. The molecule has 1 spiro atoms. The number of hydrogen-bond donors (Lipinski definition) is 0. The van der Waals surface area contributed by atoms with Crippen LogP contribution in [0.4, 0.5) is 0 Å². The Labute approximate surface area is 158 Å². The van der Waals surface area contributed by atoms with Gasteiger partial charge in [0.15, 0.2) is 5.79 Å². The number of hydrogen-bond acceptors (Lipinski definition) is 3. The second kappa shape index (κ2) is 5.80. The van der Waals surface area contributed by atoms with Gasteiger partial charge in [-0.15, -0.1) is 0 Å². The summed E-state index contributed by atoms with van der Waals surface area (Å²) < 4.78 is 13.0. The Bertz CT molecular complexity index is 594. The van der Waals surface area contributed by atoms with Crippen molar-refractivity contribution in [2.75, 3.05) is 13.2 Å². The highest BCUT2D eigenvalue weighted by molar-refractivity contribution is 5.79. The number of rotatable bonds is 1. The smallest absolute Gasteiger partial charge is 0.172 e. The summed E-state index contributed by atoms with van der Waals surface area (Å²) in [6, 6.07) is 0. The van der Waals surface area contributed by atoms with Crippen LogP contribution in [0.25, 0.3) is 0 Å². The molecule has 5 aliphatic rings. The molecule has 0 amide bonds. The summed E-state index contributed by atoms with van der Waals surface area (Å²) in [4.78, 5) is 12.4. The fourth-order valence-electron chi connectivity index (χ4n) is 8.67. The van der Waals surface area contributed by atoms with Gasteiger partial charge in [-0.3, -0.25) is 4.79 Å². The Morgan fingerprint density at radius 3 is 2.35 bits per heavy atom. The van der Waals surface area contributed by atoms with Crippen molar-refractivity contribution < 1.29 is 14.3 Å². The highest BCUT2D eigenvalue weighted by atomic mass is 16.7. The molecule has 0 aromatic rings. The average molecular weight is 361 g/mol. The molecule has 1 heterocycles. The van der Waals surface area contributed by atoms with Gasteiger partial charge in [0.25, 0.3) is 0 Å². The molecule has 0 bridgehead atoms. The standard InChI is InChI=1S/C23H36O3/c1-15(24)17-7-8-18-20-19(9-11-22(17,18)3)21(2)10-5-4-6-16(21)14-23(20)25-12-13-26-23/h16-20H,4-14H2,1-3H3/t16-,17+,18-,19+,20-,21-,22+/m1/s1. The van der Waals surface area contributed by atoms with Gasteiger partial charge < -0.3 is 9.47 Å². The minimum atomic E-state index is -0.343. The Hall–Kier alpha value is -0.410. The first-order chi connectivity index (χ1) is 12.4. The molecule has 3 heteroatoms. The molecule has 5 fully saturated rings. The Balaban J connectivity index is 1.58. The third-order valence-electron chi connectivity index (χ3n) is 9.87. The van der Waals surface area contributed by atoms with E-state index in [0.29, 0.717) is 29.0 Å². The molecule has 0 unspecified atom stereocenters. The van der Waals surface area contributed by atoms with E-state index in [1.54, 1.807) is 0 Å². The number of Topliss-reactive ketones (excluding diaryl/α,β-unsaturated/α-hetero) is 1. The summed E-state index contributed by atoms with van der Waals surface area (Å²) in [5.41, 5.74) is 0.617. The first-order valence-corrected chi connectivity index (χ1v) is 11.2. The second-order valence-electron chi connectivity index (χ2n) is 10.7. The van der Waals surface area contributed by atoms with Crippen LogP contribution in [0, 0.1) is 40.4 Å². The lowest BCUT2D eigenvalue weighted by Crippen LogP contribution is -2.63. The molecule has 7 atom stereocenters. The molecule has 4 aliphatic carbocycles. The Morgan fingerprint density at radius 1 is 0.885 bits per heavy atom. The number of carbonyl (C=O) groups excluding carboxylic acids is 1. The fraction of sp³-hybridized carbons (Fsp3) is 0.957. The molecule has 4 saturated carbocycles. The first kappa shape index (κ1) is 17.7. The van der Waals surface area contributed by atoms with Crippen LogP contribution in [0.15, 0.2) is 0 Å². The highest BCUT2D eigenvalue weighted by Crippen LogP contribution is 2.70. The normalized spacial score (nSPS) is 52.3. The van der Waals surface area contributed by atoms with E-state index in [9.17, 15) is 4.79 Å². The molecule has 3 nitrogen and oxygen atoms in total. The molecular formula is C23H36O3. The Morgan fingerprint density at radius 2 is 1.62 bits per heavy atom. The number of ketones is 1. The van der Waals surface area contributed by atoms with Gasteiger partial charge >= 0.3 is 0 Å². The van der Waals surface area contributed by atoms with E-state index in [0.717, 1.165) is 32.0 Å². The molecule has 1 saturated heterocycles. The molecule has 1 aliphatic heterocycles. The third-order valence-corrected chi connectivity index (χ3v) is 9.87. The maximum atomic E-state index is 12.4. The fourth-order valence-corrected chi connectivity index (χ4v) is 8.67. The summed E-state index contributed by atoms with van der Waals surface area (Å²) >= 11 is 0. The van der Waals surface area contributed by atoms with Crippen LogP contribution >= 0.6 is 0 Å². The van der Waals surface area contributed by atoms with Crippen molar-refractivity contribution in [3.05, 3.63) is 0 Å². The van der Waals surface area contributed by atoms with E-state index in [1.807, 2.05) is 6.92 Å². The molecule has 0 radical (unpaired) electrons. The van der Waals surface area contributed by atoms with Crippen LogP contribution < -0.4 is 0 Å². The molecule has 26 heavy (non-hydrogen) atoms. The monoisotopic (exact) mass is 360 g/mol. The van der Waals surface area contributed by atoms with E-state index in [4.69, 9.17) is 9.47 Å². The number of carbonyl (C=O) groups is 1. The summed E-state index contributed by atoms with van der Waals surface area (Å²) in [6.07, 6.45) is 11.4. The molecule has 0 aromatic carbocycles. The van der Waals surface area contributed by atoms with Gasteiger partial charge in [-0.25, -0.2) is 0 Å². The van der Waals surface area contributed by atoms with Gasteiger partial charge in [0.05, 0.1) is 13.2 Å². The summed E-state index contributed by atoms with van der Waals surface area (Å²) in [6.45, 7) is 8.35. The van der Waals surface area contributed by atoms with Crippen LogP contribution in [-0.2, 0) is 14.3 Å². The first-order valence-electron chi connectivity index (χ1n) is 11.2. The zero-order chi connectivity index (χ0) is 18.2. The van der Waals surface area contributed by atoms with Crippen molar-refractivity contribution in [2.24, 2.45) is 40.4 Å². The van der Waals surface area contributed by atoms with E-state index in [-0.39, 0.29) is 17.1 Å². The molecule has 5 rings (SSSR count). The lowest BCUT2D eigenvalue weighted by Gasteiger charge is -2.64. The van der Waals surface area contributed by atoms with Crippen molar-refractivity contribution in [3.63, 3.8) is 0 Å². The van der Waals surface area contributed by atoms with Crippen LogP contribution in [0.3, 0.4) is 0 Å². The lowest BCUT2D eigenvalue weighted by atomic mass is 9.43. The van der Waals surface area contributed by atoms with Crippen molar-refractivity contribution >= 4 is 5.78 Å². The average Bonchev–Trinajstić information content (AvgIpc) is 3.20. The second-order valence-corrected chi connectivity index (χ2v) is 10.7. The van der Waals surface area contributed by atoms with Gasteiger partial charge in [0.1, 0.15) is 5.78 Å². The van der Waals surface area contributed by atoms with Crippen molar-refractivity contribution in [2.45, 2.75) is 84.3 Å². The van der Waals surface area contributed by atoms with Gasteiger partial charge in [-0.05, 0) is 74.0 Å². The van der Waals surface area contributed by atoms with Gasteiger partial charge in [0.2, 0.25) is 0 Å². The SMILES string of the molecule is CC(=O)[C@@H]1CC[C@@H]2[C@@H]3[C@H](CC[C@]21C)[C@]1(C)CCCC[C@@H]1CC31OCCO1. The topological polar surface area (TPSA) is 35.5 Å². The predicted molar refractivity (Wildman–Crippen MR) is 101 cm³/mol. The van der Waals surface area contributed by atoms with Crippen LogP contribution in [0.1, 0.15) is 78.6 Å². The Kier molecular flexibility index (Phi) is 3.94. The summed E-state index contributed by atoms with van der Waals surface area (Å²) in [7, 11) is 0. The molecule has 146 valence electrons.